The maximum Gasteiger partial charge on any atom is 0.410 e. The molecule has 12 heteroatoms. The standard InChI is InChI=1S/C28H37N9O3/c1-21(2)40-28(39)36-17-14-34(15-18-36)24-7-5-23(6-8-24)31-27-30-20-37(32-27)25-9-10-29-26(19-25)35-12-4-11-33(13-16-35)22(3)38/h5-10,19-21H,4,11-18H2,1-3H3,(H,31,32). The fourth-order valence-electron chi connectivity index (χ4n) is 4.94. The Morgan fingerprint density at radius 3 is 2.30 bits per heavy atom. The molecule has 2 amide bonds. The average molecular weight is 548 g/mol. The summed E-state index contributed by atoms with van der Waals surface area (Å²) >= 11 is 0. The van der Waals surface area contributed by atoms with Gasteiger partial charge in [-0.2, -0.15) is 4.98 Å². The van der Waals surface area contributed by atoms with Gasteiger partial charge in [-0.25, -0.2) is 14.5 Å². The number of pyridine rings is 1. The molecule has 0 bridgehead atoms. The minimum absolute atomic E-state index is 0.112. The van der Waals surface area contributed by atoms with Gasteiger partial charge < -0.3 is 29.7 Å². The van der Waals surface area contributed by atoms with Crippen LogP contribution in [-0.4, -0.2) is 100 Å². The van der Waals surface area contributed by atoms with E-state index in [0.717, 1.165) is 62.0 Å². The molecule has 2 fully saturated rings. The van der Waals surface area contributed by atoms with Crippen LogP contribution in [0.1, 0.15) is 27.2 Å². The van der Waals surface area contributed by atoms with Crippen molar-refractivity contribution in [1.29, 1.82) is 0 Å². The van der Waals surface area contributed by atoms with Crippen molar-refractivity contribution < 1.29 is 14.3 Å². The Morgan fingerprint density at radius 1 is 0.850 bits per heavy atom. The molecule has 0 saturated carbocycles. The lowest BCUT2D eigenvalue weighted by molar-refractivity contribution is -0.128. The number of hydrogen-bond donors (Lipinski definition) is 1. The van der Waals surface area contributed by atoms with Gasteiger partial charge >= 0.3 is 6.09 Å². The number of amides is 2. The Labute approximate surface area is 234 Å². The molecular formula is C28H37N9O3. The summed E-state index contributed by atoms with van der Waals surface area (Å²) in [6.07, 6.45) is 4.01. The molecule has 0 spiro atoms. The molecule has 12 nitrogen and oxygen atoms in total. The minimum atomic E-state index is -0.243. The van der Waals surface area contributed by atoms with Gasteiger partial charge in [0.1, 0.15) is 12.1 Å². The number of nitrogens with zero attached hydrogens (tertiary/aromatic N) is 8. The zero-order valence-electron chi connectivity index (χ0n) is 23.4. The third-order valence-corrected chi connectivity index (χ3v) is 7.11. The van der Waals surface area contributed by atoms with Crippen molar-refractivity contribution in [3.05, 3.63) is 48.9 Å². The van der Waals surface area contributed by atoms with Crippen LogP contribution in [0, 0.1) is 0 Å². The molecule has 212 valence electrons. The van der Waals surface area contributed by atoms with Crippen LogP contribution in [0.15, 0.2) is 48.9 Å². The summed E-state index contributed by atoms with van der Waals surface area (Å²) in [7, 11) is 0. The largest absolute Gasteiger partial charge is 0.447 e. The van der Waals surface area contributed by atoms with Gasteiger partial charge in [0.15, 0.2) is 0 Å². The Bertz CT molecular complexity index is 1300. The smallest absolute Gasteiger partial charge is 0.410 e. The normalized spacial score (nSPS) is 16.2. The molecule has 1 aromatic carbocycles. The van der Waals surface area contributed by atoms with Crippen LogP contribution >= 0.6 is 0 Å². The quantitative estimate of drug-likeness (QED) is 0.497. The number of piperazine rings is 1. The lowest BCUT2D eigenvalue weighted by Gasteiger charge is -2.35. The highest BCUT2D eigenvalue weighted by atomic mass is 16.6. The summed E-state index contributed by atoms with van der Waals surface area (Å²) < 4.78 is 7.04. The highest BCUT2D eigenvalue weighted by molar-refractivity contribution is 5.73. The molecule has 0 atom stereocenters. The third-order valence-electron chi connectivity index (χ3n) is 7.11. The van der Waals surface area contributed by atoms with E-state index in [9.17, 15) is 9.59 Å². The molecule has 1 N–H and O–H groups in total. The van der Waals surface area contributed by atoms with E-state index in [0.29, 0.717) is 25.6 Å². The first-order chi connectivity index (χ1) is 19.4. The number of aromatic nitrogens is 4. The molecule has 2 aliphatic rings. The van der Waals surface area contributed by atoms with E-state index in [4.69, 9.17) is 4.74 Å². The van der Waals surface area contributed by atoms with Crippen LogP contribution in [0.2, 0.25) is 0 Å². The molecular weight excluding hydrogens is 510 g/mol. The van der Waals surface area contributed by atoms with Crippen LogP contribution < -0.4 is 15.1 Å². The second kappa shape index (κ2) is 12.2. The van der Waals surface area contributed by atoms with Crippen molar-refractivity contribution in [2.45, 2.75) is 33.3 Å². The first-order valence-electron chi connectivity index (χ1n) is 13.8. The fourth-order valence-corrected chi connectivity index (χ4v) is 4.94. The number of ether oxygens (including phenoxy) is 1. The van der Waals surface area contributed by atoms with Crippen molar-refractivity contribution in [2.75, 3.05) is 67.5 Å². The first kappa shape index (κ1) is 27.2. The van der Waals surface area contributed by atoms with E-state index in [1.54, 1.807) is 29.0 Å². The summed E-state index contributed by atoms with van der Waals surface area (Å²) in [4.78, 5) is 41.0. The minimum Gasteiger partial charge on any atom is -0.447 e. The van der Waals surface area contributed by atoms with Gasteiger partial charge in [-0.15, -0.1) is 5.10 Å². The molecule has 2 aliphatic heterocycles. The third kappa shape index (κ3) is 6.61. The molecule has 0 aliphatic carbocycles. The number of benzene rings is 1. The Morgan fingerprint density at radius 2 is 1.57 bits per heavy atom. The Kier molecular flexibility index (Phi) is 8.32. The second-order valence-corrected chi connectivity index (χ2v) is 10.3. The van der Waals surface area contributed by atoms with E-state index in [1.165, 1.54) is 0 Å². The number of rotatable bonds is 6. The van der Waals surface area contributed by atoms with E-state index < -0.39 is 0 Å². The topological polar surface area (TPSA) is 112 Å². The SMILES string of the molecule is CC(=O)N1CCCN(c2cc(-n3cnc(Nc4ccc(N5CCN(C(=O)OC(C)C)CC5)cc4)n3)ccn2)CC1. The van der Waals surface area contributed by atoms with Crippen molar-refractivity contribution >= 4 is 35.1 Å². The summed E-state index contributed by atoms with van der Waals surface area (Å²) in [6, 6.07) is 12.0. The van der Waals surface area contributed by atoms with Crippen LogP contribution in [0.25, 0.3) is 5.69 Å². The zero-order chi connectivity index (χ0) is 28.1. The van der Waals surface area contributed by atoms with Gasteiger partial charge in [0.25, 0.3) is 0 Å². The van der Waals surface area contributed by atoms with Crippen LogP contribution in [-0.2, 0) is 9.53 Å². The van der Waals surface area contributed by atoms with Crippen molar-refractivity contribution in [1.82, 2.24) is 29.5 Å². The second-order valence-electron chi connectivity index (χ2n) is 10.3. The summed E-state index contributed by atoms with van der Waals surface area (Å²) in [5.74, 6) is 1.47. The Hall–Kier alpha value is -4.35. The summed E-state index contributed by atoms with van der Waals surface area (Å²) in [6.45, 7) is 11.2. The lowest BCUT2D eigenvalue weighted by atomic mass is 10.2. The average Bonchev–Trinajstić information content (AvgIpc) is 3.27. The molecule has 2 saturated heterocycles. The summed E-state index contributed by atoms with van der Waals surface area (Å²) in [5.41, 5.74) is 2.85. The predicted octanol–water partition coefficient (Wildman–Crippen LogP) is 3.13. The van der Waals surface area contributed by atoms with Crippen LogP contribution in [0.4, 0.5) is 27.9 Å². The molecule has 2 aromatic heterocycles. The number of carbonyl (C=O) groups is 2. The van der Waals surface area contributed by atoms with Gasteiger partial charge in [0, 0.05) is 82.9 Å². The van der Waals surface area contributed by atoms with Gasteiger partial charge in [0.2, 0.25) is 11.9 Å². The zero-order valence-corrected chi connectivity index (χ0v) is 23.4. The highest BCUT2D eigenvalue weighted by Gasteiger charge is 2.23. The van der Waals surface area contributed by atoms with Crippen LogP contribution in [0.3, 0.4) is 0 Å². The number of carbonyl (C=O) groups excluding carboxylic acids is 2. The number of hydrogen-bond acceptors (Lipinski definition) is 9. The first-order valence-corrected chi connectivity index (χ1v) is 13.8. The maximum atomic E-state index is 12.1. The van der Waals surface area contributed by atoms with E-state index in [2.05, 4.69) is 42.3 Å². The maximum absolute atomic E-state index is 12.1. The van der Waals surface area contributed by atoms with E-state index >= 15 is 0 Å². The molecule has 4 heterocycles. The summed E-state index contributed by atoms with van der Waals surface area (Å²) in [5, 5.41) is 7.88. The van der Waals surface area contributed by atoms with Crippen molar-refractivity contribution in [2.24, 2.45) is 0 Å². The Balaban J connectivity index is 1.17. The van der Waals surface area contributed by atoms with Gasteiger partial charge in [0.05, 0.1) is 11.8 Å². The van der Waals surface area contributed by atoms with Crippen LogP contribution in [0.5, 0.6) is 0 Å². The fraction of sp³-hybridized carbons (Fsp3) is 0.464. The molecule has 3 aromatic rings. The van der Waals surface area contributed by atoms with Crippen molar-refractivity contribution in [3.8, 4) is 5.69 Å². The van der Waals surface area contributed by atoms with Gasteiger partial charge in [-0.1, -0.05) is 0 Å². The molecule has 0 unspecified atom stereocenters. The van der Waals surface area contributed by atoms with E-state index in [1.807, 2.05) is 43.0 Å². The molecule has 40 heavy (non-hydrogen) atoms. The molecule has 5 rings (SSSR count). The molecule has 0 radical (unpaired) electrons. The monoisotopic (exact) mass is 547 g/mol. The number of anilines is 4. The van der Waals surface area contributed by atoms with Gasteiger partial charge in [-0.3, -0.25) is 4.79 Å². The van der Waals surface area contributed by atoms with E-state index in [-0.39, 0.29) is 18.1 Å². The van der Waals surface area contributed by atoms with Crippen molar-refractivity contribution in [3.63, 3.8) is 0 Å². The predicted molar refractivity (Wildman–Crippen MR) is 153 cm³/mol. The van der Waals surface area contributed by atoms with Gasteiger partial charge in [-0.05, 0) is 50.6 Å². The number of nitrogens with one attached hydrogen (secondary N) is 1. The highest BCUT2D eigenvalue weighted by Crippen LogP contribution is 2.22. The lowest BCUT2D eigenvalue weighted by Crippen LogP contribution is -2.49.